The molecule has 24 heavy (non-hydrogen) atoms. The van der Waals surface area contributed by atoms with Crippen LogP contribution in [0.15, 0.2) is 42.5 Å². The first-order valence-electron chi connectivity index (χ1n) is 7.79. The number of hydrogen-bond donors (Lipinski definition) is 1. The Morgan fingerprint density at radius 3 is 2.38 bits per heavy atom. The van der Waals surface area contributed by atoms with Crippen molar-refractivity contribution in [1.29, 1.82) is 0 Å². The third-order valence-electron chi connectivity index (χ3n) is 3.73. The molecule has 0 radical (unpaired) electrons. The Labute approximate surface area is 146 Å². The predicted octanol–water partition coefficient (Wildman–Crippen LogP) is 4.26. The lowest BCUT2D eigenvalue weighted by molar-refractivity contribution is -0.116. The van der Waals surface area contributed by atoms with Crippen molar-refractivity contribution in [3.63, 3.8) is 0 Å². The van der Waals surface area contributed by atoms with Gasteiger partial charge >= 0.3 is 5.97 Å². The number of methoxy groups -OCH3 is 1. The Balaban J connectivity index is 1.97. The minimum atomic E-state index is -0.474. The smallest absolute Gasteiger partial charge is 0.337 e. The Kier molecular flexibility index (Phi) is 6.38. The predicted molar refractivity (Wildman–Crippen MR) is 95.6 cm³/mol. The fourth-order valence-electron chi connectivity index (χ4n) is 2.28. The summed E-state index contributed by atoms with van der Waals surface area (Å²) >= 11 is 6.07. The summed E-state index contributed by atoms with van der Waals surface area (Å²) in [4.78, 5) is 23.7. The first-order valence-corrected chi connectivity index (χ1v) is 8.16. The number of carbonyl (C=O) groups excluding carboxylic acids is 2. The maximum absolute atomic E-state index is 12.1. The lowest BCUT2D eigenvalue weighted by Crippen LogP contribution is -2.13. The summed E-state index contributed by atoms with van der Waals surface area (Å²) in [5.41, 5.74) is 3.13. The third-order valence-corrected chi connectivity index (χ3v) is 4.06. The Hall–Kier alpha value is -2.33. The summed E-state index contributed by atoms with van der Waals surface area (Å²) in [5, 5.41) is 3.12. The second kappa shape index (κ2) is 8.50. The second-order valence-corrected chi connectivity index (χ2v) is 5.81. The molecule has 1 N–H and O–H groups in total. The number of benzene rings is 2. The quantitative estimate of drug-likeness (QED) is 0.796. The number of anilines is 1. The molecule has 0 aliphatic rings. The highest BCUT2D eigenvalue weighted by Gasteiger charge is 2.11. The molecule has 2 aromatic carbocycles. The van der Waals surface area contributed by atoms with E-state index in [0.29, 0.717) is 29.1 Å². The summed E-state index contributed by atoms with van der Waals surface area (Å²) in [6.07, 6.45) is 1.98. The minimum absolute atomic E-state index is 0.154. The van der Waals surface area contributed by atoms with Gasteiger partial charge in [-0.05, 0) is 42.2 Å². The molecule has 0 aliphatic heterocycles. The van der Waals surface area contributed by atoms with Crippen molar-refractivity contribution in [2.24, 2.45) is 0 Å². The van der Waals surface area contributed by atoms with E-state index in [1.165, 1.54) is 18.7 Å². The molecule has 0 aromatic heterocycles. The summed E-state index contributed by atoms with van der Waals surface area (Å²) in [6, 6.07) is 12.9. The van der Waals surface area contributed by atoms with Crippen molar-refractivity contribution in [2.75, 3.05) is 12.4 Å². The number of ether oxygens (including phenoxy) is 1. The second-order valence-electron chi connectivity index (χ2n) is 5.40. The average Bonchev–Trinajstić information content (AvgIpc) is 2.61. The molecule has 1 amide bonds. The van der Waals surface area contributed by atoms with Crippen molar-refractivity contribution in [1.82, 2.24) is 0 Å². The van der Waals surface area contributed by atoms with Crippen LogP contribution in [0.1, 0.15) is 34.8 Å². The van der Waals surface area contributed by atoms with Crippen LogP contribution in [0, 0.1) is 0 Å². The molecule has 0 bridgehead atoms. The van der Waals surface area contributed by atoms with Gasteiger partial charge in [0.15, 0.2) is 0 Å². The van der Waals surface area contributed by atoms with Gasteiger partial charge < -0.3 is 10.1 Å². The number of halogens is 1. The van der Waals surface area contributed by atoms with E-state index in [0.717, 1.165) is 12.0 Å². The van der Waals surface area contributed by atoms with E-state index in [2.05, 4.69) is 29.1 Å². The van der Waals surface area contributed by atoms with E-state index in [1.807, 2.05) is 12.1 Å². The van der Waals surface area contributed by atoms with Crippen molar-refractivity contribution in [2.45, 2.75) is 26.2 Å². The van der Waals surface area contributed by atoms with Crippen molar-refractivity contribution in [3.8, 4) is 0 Å². The molecule has 0 spiro atoms. The Morgan fingerprint density at radius 1 is 1.08 bits per heavy atom. The molecule has 0 unspecified atom stereocenters. The molecule has 2 rings (SSSR count). The number of nitrogens with one attached hydrogen (secondary N) is 1. The van der Waals surface area contributed by atoms with E-state index in [-0.39, 0.29) is 5.91 Å². The zero-order valence-electron chi connectivity index (χ0n) is 13.8. The maximum Gasteiger partial charge on any atom is 0.337 e. The highest BCUT2D eigenvalue weighted by molar-refractivity contribution is 6.33. The van der Waals surface area contributed by atoms with Crippen molar-refractivity contribution >= 4 is 29.2 Å². The monoisotopic (exact) mass is 345 g/mol. The van der Waals surface area contributed by atoms with E-state index < -0.39 is 5.97 Å². The van der Waals surface area contributed by atoms with Crippen LogP contribution in [0.3, 0.4) is 0 Å². The summed E-state index contributed by atoms with van der Waals surface area (Å²) in [5.74, 6) is -0.628. The van der Waals surface area contributed by atoms with E-state index in [4.69, 9.17) is 11.6 Å². The van der Waals surface area contributed by atoms with Gasteiger partial charge in [-0.2, -0.15) is 0 Å². The summed E-state index contributed by atoms with van der Waals surface area (Å²) < 4.78 is 4.67. The molecule has 5 heteroatoms. The van der Waals surface area contributed by atoms with Crippen LogP contribution in [0.2, 0.25) is 5.02 Å². The van der Waals surface area contributed by atoms with Crippen LogP contribution in [0.25, 0.3) is 0 Å². The number of rotatable bonds is 6. The molecule has 2 aromatic rings. The molecule has 126 valence electrons. The minimum Gasteiger partial charge on any atom is -0.465 e. The molecule has 4 nitrogen and oxygen atoms in total. The highest BCUT2D eigenvalue weighted by atomic mass is 35.5. The lowest BCUT2D eigenvalue weighted by Gasteiger charge is -2.09. The van der Waals surface area contributed by atoms with E-state index in [9.17, 15) is 9.59 Å². The molecule has 0 fully saturated rings. The molecule has 0 aliphatic carbocycles. The van der Waals surface area contributed by atoms with Gasteiger partial charge in [0.2, 0.25) is 5.91 Å². The van der Waals surface area contributed by atoms with Gasteiger partial charge in [0.25, 0.3) is 0 Å². The standard InChI is InChI=1S/C19H20ClNO3/c1-3-13-4-6-14(7-5-13)8-11-18(22)21-17-12-15(19(23)24-2)9-10-16(17)20/h4-7,9-10,12H,3,8,11H2,1-2H3,(H,21,22). The first-order chi connectivity index (χ1) is 11.5. The van der Waals surface area contributed by atoms with E-state index >= 15 is 0 Å². The molecular formula is C19H20ClNO3. The Morgan fingerprint density at radius 2 is 1.75 bits per heavy atom. The highest BCUT2D eigenvalue weighted by Crippen LogP contribution is 2.23. The number of esters is 1. The van der Waals surface area contributed by atoms with Gasteiger partial charge in [-0.15, -0.1) is 0 Å². The van der Waals surface area contributed by atoms with Crippen molar-refractivity contribution < 1.29 is 14.3 Å². The van der Waals surface area contributed by atoms with Crippen LogP contribution in [0.4, 0.5) is 5.69 Å². The molecular weight excluding hydrogens is 326 g/mol. The summed E-state index contributed by atoms with van der Waals surface area (Å²) in [6.45, 7) is 2.11. The first kappa shape index (κ1) is 18.0. The van der Waals surface area contributed by atoms with Crippen LogP contribution in [-0.2, 0) is 22.4 Å². The van der Waals surface area contributed by atoms with Crippen LogP contribution in [-0.4, -0.2) is 19.0 Å². The van der Waals surface area contributed by atoms with E-state index in [1.54, 1.807) is 12.1 Å². The number of hydrogen-bond acceptors (Lipinski definition) is 3. The topological polar surface area (TPSA) is 55.4 Å². The fraction of sp³-hybridized carbons (Fsp3) is 0.263. The van der Waals surface area contributed by atoms with Crippen LogP contribution < -0.4 is 5.32 Å². The fourth-order valence-corrected chi connectivity index (χ4v) is 2.44. The van der Waals surface area contributed by atoms with Crippen LogP contribution in [0.5, 0.6) is 0 Å². The largest absolute Gasteiger partial charge is 0.465 e. The van der Waals surface area contributed by atoms with Crippen molar-refractivity contribution in [3.05, 3.63) is 64.2 Å². The molecule has 0 saturated heterocycles. The van der Waals surface area contributed by atoms with Gasteiger partial charge in [-0.25, -0.2) is 4.79 Å². The maximum atomic E-state index is 12.1. The lowest BCUT2D eigenvalue weighted by atomic mass is 10.1. The molecule has 0 heterocycles. The number of amides is 1. The van der Waals surface area contributed by atoms with Gasteiger partial charge in [-0.3, -0.25) is 4.79 Å². The zero-order chi connectivity index (χ0) is 17.5. The van der Waals surface area contributed by atoms with Gasteiger partial charge in [0.05, 0.1) is 23.4 Å². The Bertz CT molecular complexity index is 726. The van der Waals surface area contributed by atoms with Gasteiger partial charge in [-0.1, -0.05) is 42.8 Å². The van der Waals surface area contributed by atoms with Gasteiger partial charge in [0.1, 0.15) is 0 Å². The normalized spacial score (nSPS) is 10.3. The van der Waals surface area contributed by atoms with Gasteiger partial charge in [0, 0.05) is 6.42 Å². The molecule has 0 atom stereocenters. The average molecular weight is 346 g/mol. The SMILES string of the molecule is CCc1ccc(CCC(=O)Nc2cc(C(=O)OC)ccc2Cl)cc1. The summed E-state index contributed by atoms with van der Waals surface area (Å²) in [7, 11) is 1.30. The number of aryl methyl sites for hydroxylation is 2. The number of carbonyl (C=O) groups is 2. The molecule has 0 saturated carbocycles. The van der Waals surface area contributed by atoms with Crippen LogP contribution >= 0.6 is 11.6 Å². The zero-order valence-corrected chi connectivity index (χ0v) is 14.5. The third kappa shape index (κ3) is 4.83.